The molecule has 0 radical (unpaired) electrons. The Bertz CT molecular complexity index is 450. The van der Waals surface area contributed by atoms with Crippen molar-refractivity contribution in [1.29, 1.82) is 5.41 Å². The molecule has 1 saturated heterocycles. The van der Waals surface area contributed by atoms with Gasteiger partial charge in [-0.05, 0) is 43.5 Å². The third-order valence-electron chi connectivity index (χ3n) is 3.37. The zero-order valence-corrected chi connectivity index (χ0v) is 15.2. The molecule has 1 aromatic rings. The minimum absolute atomic E-state index is 0. The molecule has 1 heterocycles. The van der Waals surface area contributed by atoms with Crippen molar-refractivity contribution in [3.63, 3.8) is 0 Å². The molecule has 5 N–H and O–H groups in total. The Balaban J connectivity index is 0. The van der Waals surface area contributed by atoms with Crippen molar-refractivity contribution in [2.75, 3.05) is 29.9 Å². The first-order chi connectivity index (χ1) is 9.24. The van der Waals surface area contributed by atoms with Crippen LogP contribution in [0.25, 0.3) is 0 Å². The smallest absolute Gasteiger partial charge is 0.192 e. The lowest BCUT2D eigenvalue weighted by Crippen LogP contribution is -2.29. The van der Waals surface area contributed by atoms with Gasteiger partial charge in [0.15, 0.2) is 5.96 Å². The van der Waals surface area contributed by atoms with E-state index in [0.717, 1.165) is 30.9 Å². The molecule has 1 fully saturated rings. The molecule has 1 aromatic carbocycles. The normalized spacial score (nSPS) is 12.5. The largest absolute Gasteiger partial charge is 0.371 e. The van der Waals surface area contributed by atoms with Crippen LogP contribution in [-0.4, -0.2) is 25.6 Å². The van der Waals surface area contributed by atoms with E-state index in [2.05, 4.69) is 21.6 Å². The highest BCUT2D eigenvalue weighted by molar-refractivity contribution is 5.91. The zero-order chi connectivity index (χ0) is 13.7. The lowest BCUT2D eigenvalue weighted by molar-refractivity contribution is 0.939. The van der Waals surface area contributed by atoms with Gasteiger partial charge in [-0.3, -0.25) is 5.41 Å². The summed E-state index contributed by atoms with van der Waals surface area (Å²) in [4.78, 5) is 2.39. The van der Waals surface area contributed by atoms with E-state index in [4.69, 9.17) is 11.1 Å². The molecule has 0 unspecified atom stereocenters. The summed E-state index contributed by atoms with van der Waals surface area (Å²) in [5, 5.41) is 13.7. The summed E-state index contributed by atoms with van der Waals surface area (Å²) in [5.41, 5.74) is 9.14. The number of rotatable bonds is 4. The summed E-state index contributed by atoms with van der Waals surface area (Å²) in [5.74, 6) is 0.319. The van der Waals surface area contributed by atoms with Gasteiger partial charge in [0.05, 0.1) is 0 Å². The van der Waals surface area contributed by atoms with Crippen LogP contribution in [-0.2, 0) is 6.54 Å². The molecule has 0 spiro atoms. The van der Waals surface area contributed by atoms with Gasteiger partial charge in [0.2, 0.25) is 0 Å². The van der Waals surface area contributed by atoms with Crippen LogP contribution in [0.3, 0.4) is 0 Å². The first kappa shape index (κ1) is 23.4. The van der Waals surface area contributed by atoms with Gasteiger partial charge in [0.25, 0.3) is 0 Å². The molecule has 0 atom stereocenters. The molecular weight excluding hydrogens is 345 g/mol. The second-order valence-corrected chi connectivity index (χ2v) is 4.77. The number of hydrogen-bond donors (Lipinski definition) is 4. The van der Waals surface area contributed by atoms with Gasteiger partial charge in [-0.15, -0.1) is 37.2 Å². The van der Waals surface area contributed by atoms with E-state index < -0.39 is 0 Å². The Morgan fingerprint density at radius 2 is 1.86 bits per heavy atom. The molecular formula is C14H26Cl3N5. The monoisotopic (exact) mass is 369 g/mol. The van der Waals surface area contributed by atoms with Crippen molar-refractivity contribution in [3.8, 4) is 0 Å². The van der Waals surface area contributed by atoms with Crippen LogP contribution >= 0.6 is 37.2 Å². The summed E-state index contributed by atoms with van der Waals surface area (Å²) >= 11 is 0. The first-order valence-electron chi connectivity index (χ1n) is 6.92. The van der Waals surface area contributed by atoms with Gasteiger partial charge in [-0.25, -0.2) is 0 Å². The van der Waals surface area contributed by atoms with Crippen molar-refractivity contribution in [2.24, 2.45) is 5.73 Å². The van der Waals surface area contributed by atoms with E-state index in [9.17, 15) is 0 Å². The van der Waals surface area contributed by atoms with E-state index >= 15 is 0 Å². The molecule has 0 aliphatic carbocycles. The van der Waals surface area contributed by atoms with Gasteiger partial charge in [0, 0.05) is 37.6 Å². The molecule has 0 amide bonds. The number of nitrogens with one attached hydrogen (secondary N) is 3. The van der Waals surface area contributed by atoms with Crippen LogP contribution in [0.1, 0.15) is 25.3 Å². The average molecular weight is 371 g/mol. The molecule has 2 rings (SSSR count). The summed E-state index contributed by atoms with van der Waals surface area (Å²) in [7, 11) is 0. The van der Waals surface area contributed by atoms with Crippen molar-refractivity contribution in [3.05, 3.63) is 23.8 Å². The van der Waals surface area contributed by atoms with Crippen molar-refractivity contribution < 1.29 is 0 Å². The van der Waals surface area contributed by atoms with Crippen LogP contribution in [0, 0.1) is 5.41 Å². The Kier molecular flexibility index (Phi) is 12.4. The second-order valence-electron chi connectivity index (χ2n) is 4.77. The van der Waals surface area contributed by atoms with E-state index in [1.54, 1.807) is 0 Å². The highest BCUT2D eigenvalue weighted by atomic mass is 35.5. The van der Waals surface area contributed by atoms with Crippen LogP contribution in [0.2, 0.25) is 0 Å². The number of benzene rings is 1. The fraction of sp³-hybridized carbons (Fsp3) is 0.500. The Morgan fingerprint density at radius 3 is 2.41 bits per heavy atom. The minimum atomic E-state index is 0. The van der Waals surface area contributed by atoms with Gasteiger partial charge in [-0.1, -0.05) is 0 Å². The number of halogens is 3. The number of nitrogens with two attached hydrogens (primary N) is 1. The lowest BCUT2D eigenvalue weighted by atomic mass is 10.1. The Morgan fingerprint density at radius 1 is 1.23 bits per heavy atom. The third kappa shape index (κ3) is 6.08. The summed E-state index contributed by atoms with van der Waals surface area (Å²) in [6.07, 6.45) is 2.52. The molecule has 1 aliphatic heterocycles. The van der Waals surface area contributed by atoms with Crippen molar-refractivity contribution in [2.45, 2.75) is 26.3 Å². The highest BCUT2D eigenvalue weighted by Gasteiger charge is 2.15. The first-order valence-corrected chi connectivity index (χ1v) is 6.92. The average Bonchev–Trinajstić information content (AvgIpc) is 2.92. The van der Waals surface area contributed by atoms with Crippen LogP contribution < -0.4 is 21.3 Å². The lowest BCUT2D eigenvalue weighted by Gasteiger charge is -2.22. The topological polar surface area (TPSA) is 77.2 Å². The SMILES string of the molecule is CCNC(=N)Nc1ccc(N2CCCC2)c(CN)c1.Cl.Cl.Cl. The number of hydrogen-bond acceptors (Lipinski definition) is 3. The maximum atomic E-state index is 7.71. The summed E-state index contributed by atoms with van der Waals surface area (Å²) < 4.78 is 0. The van der Waals surface area contributed by atoms with Gasteiger partial charge in [-0.2, -0.15) is 0 Å². The molecule has 128 valence electrons. The maximum Gasteiger partial charge on any atom is 0.192 e. The van der Waals surface area contributed by atoms with E-state index in [0.29, 0.717) is 12.5 Å². The van der Waals surface area contributed by atoms with Gasteiger partial charge in [0.1, 0.15) is 0 Å². The quantitative estimate of drug-likeness (QED) is 0.485. The zero-order valence-electron chi connectivity index (χ0n) is 12.7. The summed E-state index contributed by atoms with van der Waals surface area (Å²) in [6.45, 7) is 5.47. The fourth-order valence-corrected chi connectivity index (χ4v) is 2.46. The van der Waals surface area contributed by atoms with Crippen molar-refractivity contribution in [1.82, 2.24) is 5.32 Å². The Hall–Kier alpha value is -0.880. The van der Waals surface area contributed by atoms with Gasteiger partial charge >= 0.3 is 0 Å². The molecule has 1 aliphatic rings. The predicted octanol–water partition coefficient (Wildman–Crippen LogP) is 2.97. The number of nitrogens with zero attached hydrogens (tertiary/aromatic N) is 1. The van der Waals surface area contributed by atoms with E-state index in [1.807, 2.05) is 19.1 Å². The molecule has 0 bridgehead atoms. The highest BCUT2D eigenvalue weighted by Crippen LogP contribution is 2.27. The van der Waals surface area contributed by atoms with Crippen LogP contribution in [0.15, 0.2) is 18.2 Å². The summed E-state index contributed by atoms with van der Waals surface area (Å²) in [6, 6.07) is 6.16. The van der Waals surface area contributed by atoms with E-state index in [-0.39, 0.29) is 37.2 Å². The Labute approximate surface area is 151 Å². The van der Waals surface area contributed by atoms with Crippen LogP contribution in [0.4, 0.5) is 11.4 Å². The second kappa shape index (κ2) is 11.7. The standard InChI is InChI=1S/C14H23N5.3ClH/c1-2-17-14(16)18-12-5-6-13(11(9-12)10-15)19-7-3-4-8-19;;;/h5-6,9H,2-4,7-8,10,15H2,1H3,(H3,16,17,18);3*1H. The number of anilines is 2. The molecule has 0 saturated carbocycles. The van der Waals surface area contributed by atoms with Gasteiger partial charge < -0.3 is 21.3 Å². The van der Waals surface area contributed by atoms with Crippen LogP contribution in [0.5, 0.6) is 0 Å². The van der Waals surface area contributed by atoms with Crippen molar-refractivity contribution >= 4 is 54.6 Å². The fourth-order valence-electron chi connectivity index (χ4n) is 2.46. The molecule has 22 heavy (non-hydrogen) atoms. The van der Waals surface area contributed by atoms with E-state index in [1.165, 1.54) is 18.5 Å². The third-order valence-corrected chi connectivity index (χ3v) is 3.37. The molecule has 8 heteroatoms. The maximum absolute atomic E-state index is 7.71. The number of guanidine groups is 1. The molecule has 0 aromatic heterocycles. The minimum Gasteiger partial charge on any atom is -0.371 e. The molecule has 5 nitrogen and oxygen atoms in total. The predicted molar refractivity (Wildman–Crippen MR) is 103 cm³/mol.